The summed E-state index contributed by atoms with van der Waals surface area (Å²) in [4.78, 5) is 44.6. The van der Waals surface area contributed by atoms with E-state index in [2.05, 4.69) is 37.5 Å². The topological polar surface area (TPSA) is 104 Å². The van der Waals surface area contributed by atoms with Crippen LogP contribution < -0.4 is 14.4 Å². The highest BCUT2D eigenvalue weighted by Crippen LogP contribution is 2.54. The maximum atomic E-state index is 12.7. The van der Waals surface area contributed by atoms with Crippen LogP contribution in [0.5, 0.6) is 11.5 Å². The van der Waals surface area contributed by atoms with E-state index in [0.717, 1.165) is 16.5 Å². The van der Waals surface area contributed by atoms with Crippen molar-refractivity contribution in [3.05, 3.63) is 72.3 Å². The van der Waals surface area contributed by atoms with Crippen LogP contribution in [0.2, 0.25) is 0 Å². The van der Waals surface area contributed by atoms with Gasteiger partial charge in [-0.25, -0.2) is 0 Å². The molecular weight excluding hydrogens is 596 g/mol. The minimum atomic E-state index is -1.02. The lowest BCUT2D eigenvalue weighted by molar-refractivity contribution is -0.161. The first-order valence-corrected chi connectivity index (χ1v) is 15.9. The molecule has 47 heavy (non-hydrogen) atoms. The number of hydrogen-bond acceptors (Lipinski definition) is 9. The minimum Gasteiger partial charge on any atom is -0.460 e. The number of hydrogen-bond donors (Lipinski definition) is 0. The standard InChI is InChI=1S/C38H44N2O7/c1-24(2)34(43)37(7,8)44-21-20-35(3,4)47-32(42)19-18-31(41)45-26-16-14-25-15-17-30-33(27(25)22-26)39-23-38(46-30)36(5,6)28-12-10-11-13-29(28)40(38)9/h10-17,22-23H,1,18-21H2,2-9H3. The summed E-state index contributed by atoms with van der Waals surface area (Å²) >= 11 is 0. The van der Waals surface area contributed by atoms with E-state index in [1.807, 2.05) is 43.6 Å². The van der Waals surface area contributed by atoms with Crippen LogP contribution in [-0.2, 0) is 29.3 Å². The molecule has 1 unspecified atom stereocenters. The van der Waals surface area contributed by atoms with E-state index in [0.29, 0.717) is 29.2 Å². The van der Waals surface area contributed by atoms with Gasteiger partial charge in [-0.2, -0.15) is 0 Å². The highest BCUT2D eigenvalue weighted by atomic mass is 16.6. The number of fused-ring (bicyclic) bond motifs is 4. The number of esters is 2. The molecule has 0 aliphatic carbocycles. The lowest BCUT2D eigenvalue weighted by Crippen LogP contribution is -2.61. The Hall–Kier alpha value is -4.50. The molecule has 0 amide bonds. The smallest absolute Gasteiger partial charge is 0.311 e. The van der Waals surface area contributed by atoms with E-state index < -0.39 is 28.9 Å². The van der Waals surface area contributed by atoms with Crippen molar-refractivity contribution < 1.29 is 33.3 Å². The number of carbonyl (C=O) groups is 3. The molecular formula is C38H44N2O7. The van der Waals surface area contributed by atoms with Gasteiger partial charge in [-0.3, -0.25) is 19.4 Å². The molecule has 9 nitrogen and oxygen atoms in total. The molecule has 2 aliphatic rings. The Morgan fingerprint density at radius 1 is 0.979 bits per heavy atom. The average Bonchev–Trinajstić information content (AvgIpc) is 3.16. The third kappa shape index (κ3) is 6.41. The van der Waals surface area contributed by atoms with Crippen molar-refractivity contribution in [2.75, 3.05) is 18.6 Å². The van der Waals surface area contributed by atoms with Gasteiger partial charge < -0.3 is 23.8 Å². The molecule has 5 rings (SSSR count). The van der Waals surface area contributed by atoms with Gasteiger partial charge in [0.1, 0.15) is 28.4 Å². The molecule has 3 aromatic carbocycles. The van der Waals surface area contributed by atoms with Crippen LogP contribution in [0.3, 0.4) is 0 Å². The number of aliphatic imine (C=N–C) groups is 1. The lowest BCUT2D eigenvalue weighted by atomic mass is 9.77. The maximum Gasteiger partial charge on any atom is 0.311 e. The first kappa shape index (κ1) is 33.9. The Morgan fingerprint density at radius 3 is 2.36 bits per heavy atom. The summed E-state index contributed by atoms with van der Waals surface area (Å²) in [6.07, 6.45) is 1.95. The number of para-hydroxylation sites is 1. The third-order valence-corrected chi connectivity index (χ3v) is 9.15. The Labute approximate surface area is 276 Å². The summed E-state index contributed by atoms with van der Waals surface area (Å²) in [5.74, 6) is -0.288. The highest BCUT2D eigenvalue weighted by Gasteiger charge is 2.58. The van der Waals surface area contributed by atoms with Gasteiger partial charge in [0.15, 0.2) is 5.78 Å². The first-order valence-electron chi connectivity index (χ1n) is 15.9. The van der Waals surface area contributed by atoms with Crippen LogP contribution in [0.1, 0.15) is 73.3 Å². The van der Waals surface area contributed by atoms with Crippen molar-refractivity contribution in [2.45, 2.75) is 90.1 Å². The fourth-order valence-electron chi connectivity index (χ4n) is 6.35. The zero-order chi connectivity index (χ0) is 34.4. The quantitative estimate of drug-likeness (QED) is 0.121. The number of anilines is 1. The van der Waals surface area contributed by atoms with E-state index in [1.165, 1.54) is 5.56 Å². The van der Waals surface area contributed by atoms with Gasteiger partial charge in [-0.05, 0) is 89.3 Å². The molecule has 1 atom stereocenters. The van der Waals surface area contributed by atoms with E-state index in [-0.39, 0.29) is 30.6 Å². The van der Waals surface area contributed by atoms with Gasteiger partial charge in [0.05, 0.1) is 31.1 Å². The Bertz CT molecular complexity index is 1790. The fourth-order valence-corrected chi connectivity index (χ4v) is 6.35. The molecule has 2 heterocycles. The maximum absolute atomic E-state index is 12.7. The minimum absolute atomic E-state index is 0.141. The average molecular weight is 641 g/mol. The van der Waals surface area contributed by atoms with Crippen molar-refractivity contribution in [3.8, 4) is 11.5 Å². The largest absolute Gasteiger partial charge is 0.460 e. The Balaban J connectivity index is 1.20. The van der Waals surface area contributed by atoms with E-state index in [9.17, 15) is 14.4 Å². The van der Waals surface area contributed by atoms with Gasteiger partial charge >= 0.3 is 11.9 Å². The molecule has 0 fully saturated rings. The van der Waals surface area contributed by atoms with E-state index in [4.69, 9.17) is 23.9 Å². The molecule has 0 aromatic heterocycles. The van der Waals surface area contributed by atoms with Crippen LogP contribution in [-0.4, -0.2) is 54.5 Å². The number of likely N-dealkylation sites (N-methyl/N-ethyl adjacent to an activating group) is 1. The van der Waals surface area contributed by atoms with Crippen LogP contribution >= 0.6 is 0 Å². The first-order chi connectivity index (χ1) is 22.0. The molecule has 0 N–H and O–H groups in total. The van der Waals surface area contributed by atoms with Crippen molar-refractivity contribution in [2.24, 2.45) is 4.99 Å². The van der Waals surface area contributed by atoms with E-state index >= 15 is 0 Å². The second-order valence-corrected chi connectivity index (χ2v) is 14.0. The number of carbonyl (C=O) groups excluding carboxylic acids is 3. The molecule has 1 spiro atoms. The van der Waals surface area contributed by atoms with Gasteiger partial charge in [0, 0.05) is 24.5 Å². The van der Waals surface area contributed by atoms with Crippen LogP contribution in [0, 0.1) is 0 Å². The Morgan fingerprint density at radius 2 is 1.66 bits per heavy atom. The second kappa shape index (κ2) is 12.3. The predicted molar refractivity (Wildman–Crippen MR) is 183 cm³/mol. The number of benzene rings is 3. The normalized spacial score (nSPS) is 18.0. The molecule has 0 bridgehead atoms. The Kier molecular flexibility index (Phi) is 8.83. The van der Waals surface area contributed by atoms with Crippen molar-refractivity contribution in [1.29, 1.82) is 0 Å². The summed E-state index contributed by atoms with van der Waals surface area (Å²) in [5.41, 5.74) is 0.302. The van der Waals surface area contributed by atoms with E-state index in [1.54, 1.807) is 46.8 Å². The fraction of sp³-hybridized carbons (Fsp3) is 0.421. The second-order valence-electron chi connectivity index (χ2n) is 14.0. The van der Waals surface area contributed by atoms with Gasteiger partial charge in [0.2, 0.25) is 5.72 Å². The zero-order valence-corrected chi connectivity index (χ0v) is 28.6. The highest BCUT2D eigenvalue weighted by molar-refractivity contribution is 6.01. The molecule has 9 heteroatoms. The molecule has 2 aliphatic heterocycles. The zero-order valence-electron chi connectivity index (χ0n) is 28.6. The van der Waals surface area contributed by atoms with Gasteiger partial charge in [-0.15, -0.1) is 0 Å². The third-order valence-electron chi connectivity index (χ3n) is 9.15. The van der Waals surface area contributed by atoms with Crippen molar-refractivity contribution >= 4 is 46.1 Å². The number of ether oxygens (including phenoxy) is 4. The molecule has 248 valence electrons. The predicted octanol–water partition coefficient (Wildman–Crippen LogP) is 7.40. The summed E-state index contributed by atoms with van der Waals surface area (Å²) in [5, 5.41) is 1.70. The summed E-state index contributed by atoms with van der Waals surface area (Å²) in [6.45, 7) is 16.7. The number of nitrogens with zero attached hydrogens (tertiary/aromatic N) is 2. The summed E-state index contributed by atoms with van der Waals surface area (Å²) in [7, 11) is 2.02. The SMILES string of the molecule is C=C(C)C(=O)C(C)(C)OCCC(C)(C)OC(=O)CCC(=O)Oc1ccc2ccc3c(c2c1)N=CC1(O3)N(C)c2ccccc2C1(C)C. The molecule has 3 aromatic rings. The molecule has 0 radical (unpaired) electrons. The number of Topliss-reactive ketones (excluding diaryl/α,β-unsaturated/α-hetero) is 1. The summed E-state index contributed by atoms with van der Waals surface area (Å²) in [6, 6.07) is 17.5. The lowest BCUT2D eigenvalue weighted by Gasteiger charge is -2.45. The van der Waals surface area contributed by atoms with Gasteiger partial charge in [0.25, 0.3) is 0 Å². The summed E-state index contributed by atoms with van der Waals surface area (Å²) < 4.78 is 23.8. The van der Waals surface area contributed by atoms with Crippen LogP contribution in [0.4, 0.5) is 11.4 Å². The molecule has 0 saturated heterocycles. The van der Waals surface area contributed by atoms with Crippen LogP contribution in [0.25, 0.3) is 10.8 Å². The van der Waals surface area contributed by atoms with Crippen molar-refractivity contribution in [1.82, 2.24) is 0 Å². The van der Waals surface area contributed by atoms with Crippen LogP contribution in [0.15, 0.2) is 71.7 Å². The van der Waals surface area contributed by atoms with Gasteiger partial charge in [-0.1, -0.05) is 36.9 Å². The molecule has 0 saturated carbocycles. The monoisotopic (exact) mass is 640 g/mol. The van der Waals surface area contributed by atoms with Crippen molar-refractivity contribution in [3.63, 3.8) is 0 Å². The number of ketones is 1. The number of rotatable bonds is 11.